The molecule has 45 heavy (non-hydrogen) atoms. The summed E-state index contributed by atoms with van der Waals surface area (Å²) in [5.74, 6) is 7.80. The van der Waals surface area contributed by atoms with E-state index in [2.05, 4.69) is 64.5 Å². The summed E-state index contributed by atoms with van der Waals surface area (Å²) in [6.45, 7) is 19.1. The molecule has 1 aliphatic heterocycles. The summed E-state index contributed by atoms with van der Waals surface area (Å²) in [5, 5.41) is 4.27. The minimum Gasteiger partial charge on any atom is -0.359 e. The van der Waals surface area contributed by atoms with Gasteiger partial charge in [0.25, 0.3) is 0 Å². The standard InChI is InChI=1S/C38H44FN5S/c1-10-14-15-26(6)42-31(12-3)22-28(11-2)25(5)18-32-34(13-4)44-38(32)36-23-33-35(43-36)16-17-40-37(33)29-19-27(20-30(39)21-29)24-41-45(7,8)9/h11-13,16-23,41-43H,3,5-8,10,14-15,24H2,1-2,4,9H3/b28-11+,31-22+,32-18+,34-13+. The number of nitrogens with zero attached hydrogens (tertiary/aromatic N) is 2. The van der Waals surface area contributed by atoms with Crippen LogP contribution in [0.25, 0.3) is 22.2 Å². The Kier molecular flexibility index (Phi) is 10.8. The van der Waals surface area contributed by atoms with Crippen LogP contribution < -0.4 is 10.0 Å². The van der Waals surface area contributed by atoms with Crippen LogP contribution in [0.3, 0.4) is 0 Å². The molecule has 0 fully saturated rings. The van der Waals surface area contributed by atoms with Crippen molar-refractivity contribution in [2.24, 2.45) is 4.99 Å². The zero-order valence-corrected chi connectivity index (χ0v) is 27.7. The second kappa shape index (κ2) is 14.5. The Balaban J connectivity index is 1.65. The lowest BCUT2D eigenvalue weighted by Gasteiger charge is -2.21. The number of aliphatic imine (C=N–C) groups is 1. The van der Waals surface area contributed by atoms with Gasteiger partial charge in [0, 0.05) is 46.2 Å². The van der Waals surface area contributed by atoms with Gasteiger partial charge in [0.2, 0.25) is 0 Å². The maximum Gasteiger partial charge on any atom is 0.124 e. The van der Waals surface area contributed by atoms with E-state index in [4.69, 9.17) is 4.99 Å². The number of aromatic nitrogens is 2. The molecular formula is C38H44FN5S. The van der Waals surface area contributed by atoms with Gasteiger partial charge in [-0.1, -0.05) is 57.0 Å². The molecule has 0 radical (unpaired) electrons. The topological polar surface area (TPSA) is 65.1 Å². The van der Waals surface area contributed by atoms with Gasteiger partial charge in [-0.2, -0.15) is 9.39 Å². The Morgan fingerprint density at radius 2 is 1.91 bits per heavy atom. The van der Waals surface area contributed by atoms with Gasteiger partial charge in [-0.3, -0.25) is 9.71 Å². The molecule has 7 heteroatoms. The Bertz CT molecular complexity index is 1910. The number of pyridine rings is 1. The van der Waals surface area contributed by atoms with Gasteiger partial charge in [-0.25, -0.2) is 9.38 Å². The predicted octanol–water partition coefficient (Wildman–Crippen LogP) is 9.17. The first-order chi connectivity index (χ1) is 21.5. The molecular weight excluding hydrogens is 578 g/mol. The van der Waals surface area contributed by atoms with E-state index in [-0.39, 0.29) is 5.82 Å². The van der Waals surface area contributed by atoms with E-state index in [9.17, 15) is 4.39 Å². The van der Waals surface area contributed by atoms with Crippen LogP contribution in [-0.4, -0.2) is 33.7 Å². The van der Waals surface area contributed by atoms with E-state index in [0.29, 0.717) is 17.8 Å². The first-order valence-corrected chi connectivity index (χ1v) is 17.4. The number of halogens is 1. The SMILES string of the molecule is C=C/C(=C\C(=C/C)C(=C)/C=C1C(c2cc3c(-c4cc(F)cc(CNS(=C)(=C)C)c4)nccc3[nH]2)=NC/1=C/C)NC(=C)CCCC. The summed E-state index contributed by atoms with van der Waals surface area (Å²) in [4.78, 5) is 13.0. The van der Waals surface area contributed by atoms with Crippen LogP contribution in [0.4, 0.5) is 4.39 Å². The fourth-order valence-corrected chi connectivity index (χ4v) is 5.54. The maximum atomic E-state index is 14.7. The highest BCUT2D eigenvalue weighted by atomic mass is 32.2. The fraction of sp³-hybridized carbons (Fsp3) is 0.211. The minimum absolute atomic E-state index is 0.317. The predicted molar refractivity (Wildman–Crippen MR) is 197 cm³/mol. The molecule has 0 bridgehead atoms. The van der Waals surface area contributed by atoms with Crippen LogP contribution >= 0.6 is 9.39 Å². The molecule has 0 aliphatic carbocycles. The average molecular weight is 622 g/mol. The number of hydrogen-bond donors (Lipinski definition) is 3. The number of nitrogens with one attached hydrogen (secondary N) is 3. The van der Waals surface area contributed by atoms with Gasteiger partial charge in [0.05, 0.1) is 22.8 Å². The van der Waals surface area contributed by atoms with E-state index in [1.165, 1.54) is 12.1 Å². The molecule has 3 N–H and O–H groups in total. The summed E-state index contributed by atoms with van der Waals surface area (Å²) < 4.78 is 18.0. The van der Waals surface area contributed by atoms with Crippen LogP contribution in [0.15, 0.2) is 125 Å². The van der Waals surface area contributed by atoms with Gasteiger partial charge in [-0.15, -0.1) is 0 Å². The van der Waals surface area contributed by atoms with Crippen LogP contribution in [-0.2, 0) is 6.54 Å². The number of hydrogen-bond acceptors (Lipinski definition) is 4. The highest BCUT2D eigenvalue weighted by Gasteiger charge is 2.25. The molecule has 0 atom stereocenters. The fourth-order valence-electron chi connectivity index (χ4n) is 5.02. The van der Waals surface area contributed by atoms with Crippen molar-refractivity contribution in [3.8, 4) is 11.3 Å². The molecule has 2 aromatic heterocycles. The zero-order valence-electron chi connectivity index (χ0n) is 26.9. The molecule has 1 aromatic carbocycles. The van der Waals surface area contributed by atoms with Gasteiger partial charge in [0.15, 0.2) is 0 Å². The molecule has 0 saturated carbocycles. The second-order valence-electron chi connectivity index (χ2n) is 11.3. The van der Waals surface area contributed by atoms with Crippen molar-refractivity contribution in [1.82, 2.24) is 20.0 Å². The third-order valence-electron chi connectivity index (χ3n) is 7.38. The number of aromatic amines is 1. The lowest BCUT2D eigenvalue weighted by molar-refractivity contribution is 0.625. The minimum atomic E-state index is -1.43. The molecule has 4 rings (SSSR count). The number of benzene rings is 1. The largest absolute Gasteiger partial charge is 0.359 e. The quantitative estimate of drug-likeness (QED) is 0.124. The van der Waals surface area contributed by atoms with Crippen molar-refractivity contribution in [3.05, 3.63) is 138 Å². The van der Waals surface area contributed by atoms with Crippen molar-refractivity contribution in [2.45, 2.75) is 46.6 Å². The van der Waals surface area contributed by atoms with Crippen molar-refractivity contribution < 1.29 is 4.39 Å². The summed E-state index contributed by atoms with van der Waals surface area (Å²) in [6.07, 6.45) is 16.7. The van der Waals surface area contributed by atoms with E-state index >= 15 is 0 Å². The smallest absolute Gasteiger partial charge is 0.124 e. The summed E-state index contributed by atoms with van der Waals surface area (Å²) in [5.41, 5.74) is 10.3. The van der Waals surface area contributed by atoms with E-state index < -0.39 is 9.39 Å². The molecule has 3 aromatic rings. The lowest BCUT2D eigenvalue weighted by Crippen LogP contribution is -2.17. The molecule has 5 nitrogen and oxygen atoms in total. The lowest BCUT2D eigenvalue weighted by atomic mass is 9.93. The van der Waals surface area contributed by atoms with E-state index in [1.54, 1.807) is 12.3 Å². The number of fused-ring (bicyclic) bond motifs is 1. The number of rotatable bonds is 14. The highest BCUT2D eigenvalue weighted by molar-refractivity contribution is 8.25. The van der Waals surface area contributed by atoms with Gasteiger partial charge in [0.1, 0.15) is 5.82 Å². The van der Waals surface area contributed by atoms with Crippen molar-refractivity contribution in [3.63, 3.8) is 0 Å². The van der Waals surface area contributed by atoms with E-state index in [1.807, 2.05) is 56.5 Å². The monoisotopic (exact) mass is 621 g/mol. The Morgan fingerprint density at radius 3 is 2.58 bits per heavy atom. The van der Waals surface area contributed by atoms with E-state index in [0.717, 1.165) is 80.9 Å². The average Bonchev–Trinajstić information content (AvgIpc) is 3.42. The van der Waals surface area contributed by atoms with Crippen LogP contribution in [0, 0.1) is 5.82 Å². The van der Waals surface area contributed by atoms with Gasteiger partial charge < -0.3 is 10.3 Å². The number of allylic oxidation sites excluding steroid dienone is 9. The molecule has 1 aliphatic rings. The second-order valence-corrected chi connectivity index (χ2v) is 14.2. The normalized spacial score (nSPS) is 15.7. The van der Waals surface area contributed by atoms with Crippen LogP contribution in [0.5, 0.6) is 0 Å². The molecule has 234 valence electrons. The van der Waals surface area contributed by atoms with Crippen molar-refractivity contribution in [2.75, 3.05) is 6.26 Å². The molecule has 0 saturated heterocycles. The van der Waals surface area contributed by atoms with Gasteiger partial charge >= 0.3 is 0 Å². The third kappa shape index (κ3) is 8.38. The Morgan fingerprint density at radius 1 is 1.13 bits per heavy atom. The maximum absolute atomic E-state index is 14.7. The summed E-state index contributed by atoms with van der Waals surface area (Å²) >= 11 is 0. The van der Waals surface area contributed by atoms with Crippen LogP contribution in [0.1, 0.15) is 51.3 Å². The van der Waals surface area contributed by atoms with Crippen molar-refractivity contribution in [1.29, 1.82) is 0 Å². The first-order valence-electron chi connectivity index (χ1n) is 15.0. The first kappa shape index (κ1) is 33.4. The Hall–Kier alpha value is -4.46. The van der Waals surface area contributed by atoms with Gasteiger partial charge in [-0.05, 0) is 98.2 Å². The highest BCUT2D eigenvalue weighted by Crippen LogP contribution is 2.35. The molecule has 0 spiro atoms. The van der Waals surface area contributed by atoms with Crippen LogP contribution in [0.2, 0.25) is 0 Å². The molecule has 3 heterocycles. The third-order valence-corrected chi connectivity index (χ3v) is 8.22. The van der Waals surface area contributed by atoms with Crippen molar-refractivity contribution >= 4 is 37.7 Å². The Labute approximate surface area is 268 Å². The molecule has 0 amide bonds. The summed E-state index contributed by atoms with van der Waals surface area (Å²) in [7, 11) is -1.43. The number of H-pyrrole nitrogens is 1. The zero-order chi connectivity index (χ0) is 32.7. The molecule has 0 unspecified atom stereocenters. The summed E-state index contributed by atoms with van der Waals surface area (Å²) in [6, 6.07) is 8.96. The number of unbranched alkanes of at least 4 members (excludes halogenated alkanes) is 1.